The summed E-state index contributed by atoms with van der Waals surface area (Å²) in [6.07, 6.45) is 2.06. The molecule has 1 rings (SSSR count). The Morgan fingerprint density at radius 2 is 2.31 bits per heavy atom. The monoisotopic (exact) mass is 224 g/mol. The molecule has 0 aliphatic carbocycles. The molecule has 0 aliphatic rings. The number of carbonyl (C=O) groups is 1. The first-order valence-electron chi connectivity index (χ1n) is 5.73. The molecule has 5 nitrogen and oxygen atoms in total. The minimum Gasteiger partial charge on any atom is -0.338 e. The van der Waals surface area contributed by atoms with Gasteiger partial charge in [-0.05, 0) is 12.3 Å². The number of carbonyl (C=O) groups excluding carboxylic acids is 1. The molecule has 0 fully saturated rings. The first-order chi connectivity index (χ1) is 7.63. The third-order valence-corrected chi connectivity index (χ3v) is 2.28. The zero-order valence-corrected chi connectivity index (χ0v) is 10.1. The van der Waals surface area contributed by atoms with Crippen molar-refractivity contribution in [1.82, 2.24) is 15.5 Å². The molecule has 0 saturated carbocycles. The predicted octanol–water partition coefficient (Wildman–Crippen LogP) is 2.45. The van der Waals surface area contributed by atoms with Crippen molar-refractivity contribution in [1.29, 1.82) is 0 Å². The maximum Gasteiger partial charge on any atom is 0.320 e. The molecule has 3 N–H and O–H groups in total. The lowest BCUT2D eigenvalue weighted by Gasteiger charge is -2.03. The molecular weight excluding hydrogens is 204 g/mol. The zero-order chi connectivity index (χ0) is 12.0. The van der Waals surface area contributed by atoms with Crippen molar-refractivity contribution in [3.8, 4) is 0 Å². The fourth-order valence-corrected chi connectivity index (χ4v) is 1.24. The highest BCUT2D eigenvalue weighted by molar-refractivity contribution is 5.88. The summed E-state index contributed by atoms with van der Waals surface area (Å²) in [5, 5.41) is 12.3. The summed E-state index contributed by atoms with van der Waals surface area (Å²) < 4.78 is 0. The van der Waals surface area contributed by atoms with E-state index in [4.69, 9.17) is 0 Å². The molecule has 1 aromatic heterocycles. The molecule has 0 unspecified atom stereocenters. The van der Waals surface area contributed by atoms with Gasteiger partial charge in [-0.3, -0.25) is 10.4 Å². The zero-order valence-electron chi connectivity index (χ0n) is 10.1. The van der Waals surface area contributed by atoms with Crippen molar-refractivity contribution >= 4 is 11.8 Å². The van der Waals surface area contributed by atoms with Crippen molar-refractivity contribution in [3.63, 3.8) is 0 Å². The maximum atomic E-state index is 11.4. The maximum absolute atomic E-state index is 11.4. The van der Waals surface area contributed by atoms with E-state index >= 15 is 0 Å². The topological polar surface area (TPSA) is 69.8 Å². The second-order valence-electron chi connectivity index (χ2n) is 4.10. The highest BCUT2D eigenvalue weighted by Gasteiger charge is 2.06. The number of hydrogen-bond acceptors (Lipinski definition) is 2. The molecule has 0 aliphatic heterocycles. The van der Waals surface area contributed by atoms with Gasteiger partial charge in [0.05, 0.1) is 0 Å². The lowest BCUT2D eigenvalue weighted by Crippen LogP contribution is -2.29. The minimum atomic E-state index is -0.199. The normalized spacial score (nSPS) is 10.5. The van der Waals surface area contributed by atoms with Gasteiger partial charge < -0.3 is 5.32 Å². The number of nitrogens with zero attached hydrogens (tertiary/aromatic N) is 1. The molecule has 2 amide bonds. The molecule has 0 spiro atoms. The van der Waals surface area contributed by atoms with Gasteiger partial charge in [-0.2, -0.15) is 5.10 Å². The summed E-state index contributed by atoms with van der Waals surface area (Å²) in [6, 6.07) is 1.65. The van der Waals surface area contributed by atoms with Gasteiger partial charge in [0.2, 0.25) is 0 Å². The summed E-state index contributed by atoms with van der Waals surface area (Å²) in [5.74, 6) is 0.948. The number of aromatic amines is 1. The SMILES string of the molecule is CCCCNC(=O)Nc1cc(C(C)C)[nH]n1. The molecule has 0 bridgehead atoms. The van der Waals surface area contributed by atoms with E-state index in [2.05, 4.69) is 41.6 Å². The van der Waals surface area contributed by atoms with Crippen molar-refractivity contribution in [2.75, 3.05) is 11.9 Å². The Balaban J connectivity index is 2.37. The van der Waals surface area contributed by atoms with Crippen LogP contribution in [0.25, 0.3) is 0 Å². The second kappa shape index (κ2) is 6.15. The van der Waals surface area contributed by atoms with Crippen molar-refractivity contribution in [2.24, 2.45) is 0 Å². The Morgan fingerprint density at radius 3 is 2.88 bits per heavy atom. The Hall–Kier alpha value is -1.52. The van der Waals surface area contributed by atoms with Crippen LogP contribution in [0.15, 0.2) is 6.07 Å². The summed E-state index contributed by atoms with van der Waals surface area (Å²) in [6.45, 7) is 6.92. The fraction of sp³-hybridized carbons (Fsp3) is 0.636. The van der Waals surface area contributed by atoms with E-state index in [1.54, 1.807) is 0 Å². The van der Waals surface area contributed by atoms with E-state index in [0.29, 0.717) is 18.3 Å². The Morgan fingerprint density at radius 1 is 1.56 bits per heavy atom. The molecule has 5 heteroatoms. The number of amides is 2. The lowest BCUT2D eigenvalue weighted by molar-refractivity contribution is 0.252. The number of nitrogens with one attached hydrogen (secondary N) is 3. The first-order valence-corrected chi connectivity index (χ1v) is 5.73. The number of urea groups is 1. The van der Waals surface area contributed by atoms with Crippen molar-refractivity contribution in [2.45, 2.75) is 39.5 Å². The quantitative estimate of drug-likeness (QED) is 0.672. The van der Waals surface area contributed by atoms with E-state index in [0.717, 1.165) is 18.5 Å². The van der Waals surface area contributed by atoms with Crippen LogP contribution in [0.2, 0.25) is 0 Å². The molecule has 0 aromatic carbocycles. The third kappa shape index (κ3) is 3.92. The second-order valence-corrected chi connectivity index (χ2v) is 4.10. The lowest BCUT2D eigenvalue weighted by atomic mass is 10.1. The molecule has 0 radical (unpaired) electrons. The highest BCUT2D eigenvalue weighted by Crippen LogP contribution is 2.14. The molecule has 0 atom stereocenters. The molecular formula is C11H20N4O. The van der Waals surface area contributed by atoms with Gasteiger partial charge in [0.25, 0.3) is 0 Å². The van der Waals surface area contributed by atoms with E-state index < -0.39 is 0 Å². The van der Waals surface area contributed by atoms with E-state index in [9.17, 15) is 4.79 Å². The van der Waals surface area contributed by atoms with Crippen molar-refractivity contribution in [3.05, 3.63) is 11.8 Å². The summed E-state index contributed by atoms with van der Waals surface area (Å²) >= 11 is 0. The van der Waals surface area contributed by atoms with Gasteiger partial charge in [-0.1, -0.05) is 27.2 Å². The number of unbranched alkanes of at least 4 members (excludes halogenated alkanes) is 1. The molecule has 0 saturated heterocycles. The Bertz CT molecular complexity index is 332. The average Bonchev–Trinajstić information content (AvgIpc) is 2.66. The molecule has 1 heterocycles. The first kappa shape index (κ1) is 12.5. The minimum absolute atomic E-state index is 0.199. The van der Waals surface area contributed by atoms with Crippen LogP contribution >= 0.6 is 0 Å². The summed E-state index contributed by atoms with van der Waals surface area (Å²) in [7, 11) is 0. The van der Waals surface area contributed by atoms with Gasteiger partial charge in [0.15, 0.2) is 5.82 Å². The van der Waals surface area contributed by atoms with Crippen LogP contribution in [0.5, 0.6) is 0 Å². The summed E-state index contributed by atoms with van der Waals surface area (Å²) in [5.41, 5.74) is 1.02. The van der Waals surface area contributed by atoms with Crippen LogP contribution in [-0.4, -0.2) is 22.8 Å². The van der Waals surface area contributed by atoms with Crippen LogP contribution in [0.1, 0.15) is 45.2 Å². The van der Waals surface area contributed by atoms with E-state index in [1.165, 1.54) is 0 Å². The third-order valence-electron chi connectivity index (χ3n) is 2.28. The number of rotatable bonds is 5. The van der Waals surface area contributed by atoms with Gasteiger partial charge >= 0.3 is 6.03 Å². The average molecular weight is 224 g/mol. The standard InChI is InChI=1S/C11H20N4O/c1-4-5-6-12-11(16)13-10-7-9(8(2)3)14-15-10/h7-8H,4-6H2,1-3H3,(H3,12,13,14,15,16). The molecule has 90 valence electrons. The van der Waals surface area contributed by atoms with Gasteiger partial charge in [-0.15, -0.1) is 0 Å². The largest absolute Gasteiger partial charge is 0.338 e. The number of aromatic nitrogens is 2. The van der Waals surface area contributed by atoms with Crippen LogP contribution in [-0.2, 0) is 0 Å². The van der Waals surface area contributed by atoms with Crippen LogP contribution < -0.4 is 10.6 Å². The van der Waals surface area contributed by atoms with Crippen LogP contribution in [0.4, 0.5) is 10.6 Å². The van der Waals surface area contributed by atoms with Gasteiger partial charge in [0, 0.05) is 18.3 Å². The Labute approximate surface area is 96.0 Å². The molecule has 1 aromatic rings. The van der Waals surface area contributed by atoms with E-state index in [-0.39, 0.29) is 6.03 Å². The Kier molecular flexibility index (Phi) is 4.82. The number of H-pyrrole nitrogens is 1. The van der Waals surface area contributed by atoms with Gasteiger partial charge in [0.1, 0.15) is 0 Å². The van der Waals surface area contributed by atoms with E-state index in [1.807, 2.05) is 6.07 Å². The van der Waals surface area contributed by atoms with Gasteiger partial charge in [-0.25, -0.2) is 4.79 Å². The number of hydrogen-bond donors (Lipinski definition) is 3. The fourth-order valence-electron chi connectivity index (χ4n) is 1.24. The smallest absolute Gasteiger partial charge is 0.320 e. The van der Waals surface area contributed by atoms with Crippen molar-refractivity contribution < 1.29 is 4.79 Å². The van der Waals surface area contributed by atoms with Crippen LogP contribution in [0, 0.1) is 0 Å². The summed E-state index contributed by atoms with van der Waals surface area (Å²) in [4.78, 5) is 11.4. The van der Waals surface area contributed by atoms with Crippen LogP contribution in [0.3, 0.4) is 0 Å². The predicted molar refractivity (Wildman–Crippen MR) is 64.6 cm³/mol. The molecule has 16 heavy (non-hydrogen) atoms. The highest BCUT2D eigenvalue weighted by atomic mass is 16.2. The number of anilines is 1.